The number of benzene rings is 1. The van der Waals surface area contributed by atoms with E-state index in [-0.39, 0.29) is 0 Å². The van der Waals surface area contributed by atoms with Crippen molar-refractivity contribution in [2.45, 2.75) is 20.0 Å². The SMILES string of the molecule is CCOCc1cccc2c1CCN2. The lowest BCUT2D eigenvalue weighted by atomic mass is 10.1. The van der Waals surface area contributed by atoms with E-state index in [1.807, 2.05) is 6.92 Å². The second-order valence-electron chi connectivity index (χ2n) is 3.26. The minimum atomic E-state index is 0.751. The van der Waals surface area contributed by atoms with Crippen LogP contribution in [0.3, 0.4) is 0 Å². The Hall–Kier alpha value is -1.02. The molecular formula is C11H15NO. The number of fused-ring (bicyclic) bond motifs is 1. The van der Waals surface area contributed by atoms with Crippen LogP contribution < -0.4 is 5.32 Å². The van der Waals surface area contributed by atoms with Crippen molar-refractivity contribution < 1.29 is 4.74 Å². The van der Waals surface area contributed by atoms with Crippen LogP contribution in [0.1, 0.15) is 18.1 Å². The van der Waals surface area contributed by atoms with Gasteiger partial charge in [-0.1, -0.05) is 12.1 Å². The first-order chi connectivity index (χ1) is 6.42. The molecule has 1 aliphatic rings. The summed E-state index contributed by atoms with van der Waals surface area (Å²) in [6, 6.07) is 6.38. The minimum absolute atomic E-state index is 0.751. The standard InChI is InChI=1S/C11H15NO/c1-2-13-8-9-4-3-5-11-10(9)6-7-12-11/h3-5,12H,2,6-8H2,1H3. The van der Waals surface area contributed by atoms with Crippen molar-refractivity contribution in [1.82, 2.24) is 0 Å². The predicted octanol–water partition coefficient (Wildman–Crippen LogP) is 2.19. The van der Waals surface area contributed by atoms with Gasteiger partial charge in [-0.05, 0) is 30.5 Å². The van der Waals surface area contributed by atoms with Gasteiger partial charge >= 0.3 is 0 Å². The molecule has 2 rings (SSSR count). The van der Waals surface area contributed by atoms with Gasteiger partial charge in [0.1, 0.15) is 0 Å². The third kappa shape index (κ3) is 1.68. The van der Waals surface area contributed by atoms with E-state index < -0.39 is 0 Å². The maximum Gasteiger partial charge on any atom is 0.0720 e. The van der Waals surface area contributed by atoms with Gasteiger partial charge in [0.2, 0.25) is 0 Å². The smallest absolute Gasteiger partial charge is 0.0720 e. The molecule has 0 saturated carbocycles. The zero-order valence-electron chi connectivity index (χ0n) is 7.97. The lowest BCUT2D eigenvalue weighted by Crippen LogP contribution is -1.95. The molecule has 0 saturated heterocycles. The third-order valence-corrected chi connectivity index (χ3v) is 2.43. The van der Waals surface area contributed by atoms with Gasteiger partial charge in [-0.15, -0.1) is 0 Å². The van der Waals surface area contributed by atoms with E-state index in [2.05, 4.69) is 23.5 Å². The molecule has 0 unspecified atom stereocenters. The second kappa shape index (κ2) is 3.79. The quantitative estimate of drug-likeness (QED) is 0.764. The molecule has 0 aromatic heterocycles. The van der Waals surface area contributed by atoms with Gasteiger partial charge in [0, 0.05) is 18.8 Å². The molecular weight excluding hydrogens is 162 g/mol. The van der Waals surface area contributed by atoms with Gasteiger partial charge in [0.25, 0.3) is 0 Å². The molecule has 1 N–H and O–H groups in total. The normalized spacial score (nSPS) is 13.9. The summed E-state index contributed by atoms with van der Waals surface area (Å²) < 4.78 is 5.42. The summed E-state index contributed by atoms with van der Waals surface area (Å²) >= 11 is 0. The van der Waals surface area contributed by atoms with E-state index in [9.17, 15) is 0 Å². The largest absolute Gasteiger partial charge is 0.384 e. The lowest BCUT2D eigenvalue weighted by molar-refractivity contribution is 0.133. The Morgan fingerprint density at radius 1 is 1.46 bits per heavy atom. The zero-order valence-corrected chi connectivity index (χ0v) is 7.97. The third-order valence-electron chi connectivity index (χ3n) is 2.43. The number of hydrogen-bond acceptors (Lipinski definition) is 2. The molecule has 2 heteroatoms. The summed E-state index contributed by atoms with van der Waals surface area (Å²) in [6.45, 7) is 4.64. The molecule has 0 atom stereocenters. The fourth-order valence-corrected chi connectivity index (χ4v) is 1.76. The Labute approximate surface area is 78.9 Å². The summed E-state index contributed by atoms with van der Waals surface area (Å²) in [7, 11) is 0. The van der Waals surface area contributed by atoms with Gasteiger partial charge in [0.05, 0.1) is 6.61 Å². The molecule has 1 aromatic rings. The molecule has 0 spiro atoms. The first kappa shape index (κ1) is 8.57. The van der Waals surface area contributed by atoms with Crippen molar-refractivity contribution in [3.63, 3.8) is 0 Å². The first-order valence-corrected chi connectivity index (χ1v) is 4.84. The van der Waals surface area contributed by atoms with Crippen LogP contribution in [0.25, 0.3) is 0 Å². The van der Waals surface area contributed by atoms with Crippen LogP contribution in [0.5, 0.6) is 0 Å². The van der Waals surface area contributed by atoms with Crippen molar-refractivity contribution in [2.24, 2.45) is 0 Å². The van der Waals surface area contributed by atoms with E-state index in [1.165, 1.54) is 16.8 Å². The topological polar surface area (TPSA) is 21.3 Å². The van der Waals surface area contributed by atoms with E-state index in [0.29, 0.717) is 0 Å². The molecule has 70 valence electrons. The molecule has 1 aliphatic heterocycles. The Morgan fingerprint density at radius 2 is 2.38 bits per heavy atom. The van der Waals surface area contributed by atoms with Gasteiger partial charge < -0.3 is 10.1 Å². The van der Waals surface area contributed by atoms with E-state index in [0.717, 1.165) is 26.2 Å². The van der Waals surface area contributed by atoms with E-state index >= 15 is 0 Å². The predicted molar refractivity (Wildman–Crippen MR) is 54.0 cm³/mol. The van der Waals surface area contributed by atoms with Crippen LogP contribution >= 0.6 is 0 Å². The average molecular weight is 177 g/mol. The highest BCUT2D eigenvalue weighted by Gasteiger charge is 2.12. The monoisotopic (exact) mass is 177 g/mol. The Morgan fingerprint density at radius 3 is 3.23 bits per heavy atom. The van der Waals surface area contributed by atoms with Crippen LogP contribution in [0.15, 0.2) is 18.2 Å². The summed E-state index contributed by atoms with van der Waals surface area (Å²) in [5.41, 5.74) is 4.07. The highest BCUT2D eigenvalue weighted by atomic mass is 16.5. The summed E-state index contributed by atoms with van der Waals surface area (Å²) in [4.78, 5) is 0. The Kier molecular flexibility index (Phi) is 2.50. The van der Waals surface area contributed by atoms with Crippen LogP contribution in [-0.2, 0) is 17.8 Å². The summed E-state index contributed by atoms with van der Waals surface area (Å²) in [5.74, 6) is 0. The van der Waals surface area contributed by atoms with Crippen molar-refractivity contribution >= 4 is 5.69 Å². The van der Waals surface area contributed by atoms with Gasteiger partial charge in [0.15, 0.2) is 0 Å². The Balaban J connectivity index is 2.20. The van der Waals surface area contributed by atoms with Crippen molar-refractivity contribution in [1.29, 1.82) is 0 Å². The van der Waals surface area contributed by atoms with Crippen LogP contribution in [0.2, 0.25) is 0 Å². The molecule has 0 radical (unpaired) electrons. The van der Waals surface area contributed by atoms with E-state index in [1.54, 1.807) is 0 Å². The summed E-state index contributed by atoms with van der Waals surface area (Å²) in [5, 5.41) is 3.36. The molecule has 1 heterocycles. The number of ether oxygens (including phenoxy) is 1. The minimum Gasteiger partial charge on any atom is -0.384 e. The van der Waals surface area contributed by atoms with Crippen molar-refractivity contribution in [3.05, 3.63) is 29.3 Å². The molecule has 0 aliphatic carbocycles. The van der Waals surface area contributed by atoms with Crippen LogP contribution in [0.4, 0.5) is 5.69 Å². The number of anilines is 1. The molecule has 0 bridgehead atoms. The van der Waals surface area contributed by atoms with Gasteiger partial charge in [-0.3, -0.25) is 0 Å². The highest BCUT2D eigenvalue weighted by Crippen LogP contribution is 2.25. The maximum absolute atomic E-state index is 5.42. The molecule has 13 heavy (non-hydrogen) atoms. The van der Waals surface area contributed by atoms with Gasteiger partial charge in [-0.2, -0.15) is 0 Å². The zero-order chi connectivity index (χ0) is 9.10. The fourth-order valence-electron chi connectivity index (χ4n) is 1.76. The van der Waals surface area contributed by atoms with E-state index in [4.69, 9.17) is 4.74 Å². The fraction of sp³-hybridized carbons (Fsp3) is 0.455. The first-order valence-electron chi connectivity index (χ1n) is 4.84. The second-order valence-corrected chi connectivity index (χ2v) is 3.26. The summed E-state index contributed by atoms with van der Waals surface area (Å²) in [6.07, 6.45) is 1.14. The maximum atomic E-state index is 5.42. The van der Waals surface area contributed by atoms with Gasteiger partial charge in [-0.25, -0.2) is 0 Å². The van der Waals surface area contributed by atoms with Crippen LogP contribution in [-0.4, -0.2) is 13.2 Å². The number of nitrogens with one attached hydrogen (secondary N) is 1. The number of rotatable bonds is 3. The van der Waals surface area contributed by atoms with Crippen molar-refractivity contribution in [2.75, 3.05) is 18.5 Å². The molecule has 2 nitrogen and oxygen atoms in total. The van der Waals surface area contributed by atoms with Crippen molar-refractivity contribution in [3.8, 4) is 0 Å². The van der Waals surface area contributed by atoms with Crippen LogP contribution in [0, 0.1) is 0 Å². The highest BCUT2D eigenvalue weighted by molar-refractivity contribution is 5.58. The lowest BCUT2D eigenvalue weighted by Gasteiger charge is -2.07. The molecule has 0 amide bonds. The molecule has 1 aromatic carbocycles. The average Bonchev–Trinajstić information content (AvgIpc) is 2.62. The Bertz CT molecular complexity index is 296. The molecule has 0 fully saturated rings. The number of hydrogen-bond donors (Lipinski definition) is 1.